The Morgan fingerprint density at radius 2 is 2.38 bits per heavy atom. The SMILES string of the molecule is Clc1cccc(C[C@H]2CNCN2)c1. The smallest absolute Gasteiger partial charge is 0.0457 e. The fourth-order valence-electron chi connectivity index (χ4n) is 1.63. The van der Waals surface area contributed by atoms with E-state index in [4.69, 9.17) is 11.6 Å². The fourth-order valence-corrected chi connectivity index (χ4v) is 1.84. The van der Waals surface area contributed by atoms with Gasteiger partial charge in [0.05, 0.1) is 0 Å². The van der Waals surface area contributed by atoms with Gasteiger partial charge in [-0.05, 0) is 24.1 Å². The van der Waals surface area contributed by atoms with E-state index in [1.54, 1.807) is 0 Å². The van der Waals surface area contributed by atoms with E-state index < -0.39 is 0 Å². The molecule has 0 bridgehead atoms. The van der Waals surface area contributed by atoms with Gasteiger partial charge in [-0.25, -0.2) is 0 Å². The van der Waals surface area contributed by atoms with Crippen molar-refractivity contribution in [3.63, 3.8) is 0 Å². The molecule has 0 spiro atoms. The molecule has 1 atom stereocenters. The van der Waals surface area contributed by atoms with Gasteiger partial charge in [0, 0.05) is 24.3 Å². The first-order valence-corrected chi connectivity index (χ1v) is 4.91. The Bertz CT molecular complexity index is 282. The Balaban J connectivity index is 2.00. The highest BCUT2D eigenvalue weighted by molar-refractivity contribution is 6.30. The summed E-state index contributed by atoms with van der Waals surface area (Å²) in [7, 11) is 0. The summed E-state index contributed by atoms with van der Waals surface area (Å²) in [6.45, 7) is 1.97. The lowest BCUT2D eigenvalue weighted by molar-refractivity contribution is 0.629. The number of hydrogen-bond donors (Lipinski definition) is 2. The number of rotatable bonds is 2. The Hall–Kier alpha value is -0.570. The highest BCUT2D eigenvalue weighted by atomic mass is 35.5. The Kier molecular flexibility index (Phi) is 2.83. The zero-order valence-corrected chi connectivity index (χ0v) is 8.14. The van der Waals surface area contributed by atoms with E-state index in [1.165, 1.54) is 5.56 Å². The molecule has 0 saturated carbocycles. The maximum Gasteiger partial charge on any atom is 0.0457 e. The maximum atomic E-state index is 5.89. The highest BCUT2D eigenvalue weighted by Gasteiger charge is 2.13. The monoisotopic (exact) mass is 196 g/mol. The molecule has 70 valence electrons. The van der Waals surface area contributed by atoms with Crippen molar-refractivity contribution in [1.29, 1.82) is 0 Å². The van der Waals surface area contributed by atoms with E-state index >= 15 is 0 Å². The predicted octanol–water partition coefficient (Wildman–Crippen LogP) is 1.40. The van der Waals surface area contributed by atoms with Crippen LogP contribution in [-0.2, 0) is 6.42 Å². The van der Waals surface area contributed by atoms with E-state index in [0.29, 0.717) is 6.04 Å². The van der Waals surface area contributed by atoms with Crippen molar-refractivity contribution in [2.75, 3.05) is 13.2 Å². The molecule has 2 nitrogen and oxygen atoms in total. The van der Waals surface area contributed by atoms with Gasteiger partial charge in [-0.1, -0.05) is 23.7 Å². The van der Waals surface area contributed by atoms with Crippen LogP contribution in [0, 0.1) is 0 Å². The minimum absolute atomic E-state index is 0.554. The molecule has 0 amide bonds. The molecule has 1 saturated heterocycles. The van der Waals surface area contributed by atoms with Crippen LogP contribution in [0.2, 0.25) is 5.02 Å². The quantitative estimate of drug-likeness (QED) is 0.748. The van der Waals surface area contributed by atoms with Crippen LogP contribution in [-0.4, -0.2) is 19.3 Å². The summed E-state index contributed by atoms with van der Waals surface area (Å²) in [6.07, 6.45) is 1.05. The average Bonchev–Trinajstić information content (AvgIpc) is 2.57. The molecule has 1 aliphatic rings. The van der Waals surface area contributed by atoms with E-state index in [9.17, 15) is 0 Å². The van der Waals surface area contributed by atoms with Gasteiger partial charge in [-0.3, -0.25) is 0 Å². The van der Waals surface area contributed by atoms with Crippen molar-refractivity contribution in [3.05, 3.63) is 34.9 Å². The molecule has 1 aromatic carbocycles. The van der Waals surface area contributed by atoms with Gasteiger partial charge in [0.1, 0.15) is 0 Å². The van der Waals surface area contributed by atoms with Crippen LogP contribution in [0.15, 0.2) is 24.3 Å². The molecule has 13 heavy (non-hydrogen) atoms. The van der Waals surface area contributed by atoms with Gasteiger partial charge in [0.2, 0.25) is 0 Å². The van der Waals surface area contributed by atoms with Crippen molar-refractivity contribution in [2.24, 2.45) is 0 Å². The second-order valence-corrected chi connectivity index (χ2v) is 3.80. The van der Waals surface area contributed by atoms with Crippen LogP contribution < -0.4 is 10.6 Å². The first-order valence-electron chi connectivity index (χ1n) is 4.53. The van der Waals surface area contributed by atoms with Crippen molar-refractivity contribution >= 4 is 11.6 Å². The molecular weight excluding hydrogens is 184 g/mol. The summed E-state index contributed by atoms with van der Waals surface area (Å²) < 4.78 is 0. The lowest BCUT2D eigenvalue weighted by Gasteiger charge is -2.08. The van der Waals surface area contributed by atoms with Crippen LogP contribution >= 0.6 is 11.6 Å². The minimum Gasteiger partial charge on any atom is -0.303 e. The summed E-state index contributed by atoms with van der Waals surface area (Å²) in [4.78, 5) is 0. The van der Waals surface area contributed by atoms with Crippen molar-refractivity contribution in [3.8, 4) is 0 Å². The Labute approximate surface area is 83.3 Å². The third-order valence-electron chi connectivity index (χ3n) is 2.28. The van der Waals surface area contributed by atoms with Crippen molar-refractivity contribution in [1.82, 2.24) is 10.6 Å². The van der Waals surface area contributed by atoms with Gasteiger partial charge in [-0.2, -0.15) is 0 Å². The molecule has 3 heteroatoms. The Morgan fingerprint density at radius 3 is 3.08 bits per heavy atom. The molecule has 1 aromatic rings. The summed E-state index contributed by atoms with van der Waals surface area (Å²) in [5, 5.41) is 7.46. The molecule has 0 radical (unpaired) electrons. The van der Waals surface area contributed by atoms with Gasteiger partial charge in [0.15, 0.2) is 0 Å². The minimum atomic E-state index is 0.554. The number of nitrogens with one attached hydrogen (secondary N) is 2. The molecule has 1 aliphatic heterocycles. The third kappa shape index (κ3) is 2.44. The molecule has 1 heterocycles. The molecule has 0 unspecified atom stereocenters. The highest BCUT2D eigenvalue weighted by Crippen LogP contribution is 2.12. The number of benzene rings is 1. The van der Waals surface area contributed by atoms with Crippen LogP contribution in [0.1, 0.15) is 5.56 Å². The van der Waals surface area contributed by atoms with Gasteiger partial charge >= 0.3 is 0 Å². The molecule has 2 N–H and O–H groups in total. The van der Waals surface area contributed by atoms with Crippen LogP contribution in [0.5, 0.6) is 0 Å². The van der Waals surface area contributed by atoms with Crippen molar-refractivity contribution < 1.29 is 0 Å². The maximum absolute atomic E-state index is 5.89. The average molecular weight is 197 g/mol. The van der Waals surface area contributed by atoms with E-state index in [-0.39, 0.29) is 0 Å². The second kappa shape index (κ2) is 4.09. The van der Waals surface area contributed by atoms with Crippen LogP contribution in [0.25, 0.3) is 0 Å². The zero-order valence-electron chi connectivity index (χ0n) is 7.39. The first-order chi connectivity index (χ1) is 6.34. The first kappa shape index (κ1) is 9.00. The van der Waals surface area contributed by atoms with E-state index in [2.05, 4.69) is 16.7 Å². The molecule has 0 aromatic heterocycles. The predicted molar refractivity (Wildman–Crippen MR) is 54.9 cm³/mol. The summed E-state index contributed by atoms with van der Waals surface area (Å²) in [5.41, 5.74) is 1.30. The number of halogens is 1. The van der Waals surface area contributed by atoms with Gasteiger partial charge < -0.3 is 10.6 Å². The second-order valence-electron chi connectivity index (χ2n) is 3.37. The lowest BCUT2D eigenvalue weighted by atomic mass is 10.1. The summed E-state index contributed by atoms with van der Waals surface area (Å²) in [5.74, 6) is 0. The van der Waals surface area contributed by atoms with Crippen LogP contribution in [0.4, 0.5) is 0 Å². The topological polar surface area (TPSA) is 24.1 Å². The largest absolute Gasteiger partial charge is 0.303 e. The normalized spacial score (nSPS) is 22.1. The van der Waals surface area contributed by atoms with Crippen molar-refractivity contribution in [2.45, 2.75) is 12.5 Å². The summed E-state index contributed by atoms with van der Waals surface area (Å²) in [6, 6.07) is 8.61. The Morgan fingerprint density at radius 1 is 1.46 bits per heavy atom. The third-order valence-corrected chi connectivity index (χ3v) is 2.51. The lowest BCUT2D eigenvalue weighted by Crippen LogP contribution is -2.25. The zero-order chi connectivity index (χ0) is 9.10. The summed E-state index contributed by atoms with van der Waals surface area (Å²) >= 11 is 5.89. The molecule has 1 fully saturated rings. The van der Waals surface area contributed by atoms with Crippen LogP contribution in [0.3, 0.4) is 0 Å². The van der Waals surface area contributed by atoms with Gasteiger partial charge in [0.25, 0.3) is 0 Å². The van der Waals surface area contributed by atoms with E-state index in [1.807, 2.05) is 18.2 Å². The molecule has 2 rings (SSSR count). The number of hydrogen-bond acceptors (Lipinski definition) is 2. The molecule has 0 aliphatic carbocycles. The van der Waals surface area contributed by atoms with Gasteiger partial charge in [-0.15, -0.1) is 0 Å². The standard InChI is InChI=1S/C10H13ClN2/c11-9-3-1-2-8(4-9)5-10-6-12-7-13-10/h1-4,10,12-13H,5-7H2/t10-/m0/s1. The molecular formula is C10H13ClN2. The fraction of sp³-hybridized carbons (Fsp3) is 0.400. The van der Waals surface area contributed by atoms with E-state index in [0.717, 1.165) is 24.7 Å².